The van der Waals surface area contributed by atoms with E-state index >= 15 is 0 Å². The van der Waals surface area contributed by atoms with Crippen molar-refractivity contribution >= 4 is 46.7 Å². The van der Waals surface area contributed by atoms with Gasteiger partial charge in [-0.3, -0.25) is 4.79 Å². The highest BCUT2D eigenvalue weighted by molar-refractivity contribution is 7.99. The zero-order chi connectivity index (χ0) is 22.0. The maximum atomic E-state index is 12.7. The number of esters is 1. The Labute approximate surface area is 187 Å². The number of H-pyrrole nitrogens is 1. The second-order valence-corrected chi connectivity index (χ2v) is 8.14. The first-order valence-corrected chi connectivity index (χ1v) is 10.7. The van der Waals surface area contributed by atoms with E-state index in [4.69, 9.17) is 33.8 Å². The van der Waals surface area contributed by atoms with Crippen molar-refractivity contribution in [1.82, 2.24) is 19.9 Å². The van der Waals surface area contributed by atoms with Gasteiger partial charge in [0.1, 0.15) is 0 Å². The van der Waals surface area contributed by atoms with Crippen LogP contribution in [0.25, 0.3) is 11.4 Å². The second kappa shape index (κ2) is 9.11. The molecular weight excluding hydrogens is 449 g/mol. The van der Waals surface area contributed by atoms with Crippen LogP contribution in [0.2, 0.25) is 10.0 Å². The lowest BCUT2D eigenvalue weighted by molar-refractivity contribution is 0.0525. The van der Waals surface area contributed by atoms with Crippen LogP contribution in [-0.2, 0) is 4.74 Å². The van der Waals surface area contributed by atoms with E-state index in [0.717, 1.165) is 11.8 Å². The lowest BCUT2D eigenvalue weighted by Gasteiger charge is -2.06. The molecule has 0 radical (unpaired) electrons. The van der Waals surface area contributed by atoms with Crippen molar-refractivity contribution in [2.75, 3.05) is 18.2 Å². The molecule has 2 aromatic heterocycles. The fourth-order valence-electron chi connectivity index (χ4n) is 2.97. The van der Waals surface area contributed by atoms with Crippen molar-refractivity contribution in [3.63, 3.8) is 0 Å². The number of nitrogens with zero attached hydrogens (tertiary/aromatic N) is 3. The van der Waals surface area contributed by atoms with Crippen molar-refractivity contribution < 1.29 is 14.3 Å². The summed E-state index contributed by atoms with van der Waals surface area (Å²) in [7, 11) is 0. The Morgan fingerprint density at radius 2 is 2.00 bits per heavy atom. The highest BCUT2D eigenvalue weighted by Crippen LogP contribution is 2.30. The van der Waals surface area contributed by atoms with E-state index < -0.39 is 5.97 Å². The van der Waals surface area contributed by atoms with Gasteiger partial charge in [-0.25, -0.2) is 9.47 Å². The van der Waals surface area contributed by atoms with Crippen molar-refractivity contribution in [2.24, 2.45) is 0 Å². The monoisotopic (exact) mass is 467 g/mol. The smallest absolute Gasteiger partial charge is 0.340 e. The van der Waals surface area contributed by atoms with Gasteiger partial charge in [-0.1, -0.05) is 35.0 Å². The molecule has 1 aromatic carbocycles. The highest BCUT2D eigenvalue weighted by Gasteiger charge is 2.23. The molecule has 0 bridgehead atoms. The normalized spacial score (nSPS) is 11.0. The topological polar surface area (TPSA) is 116 Å². The Hall–Kier alpha value is -2.49. The van der Waals surface area contributed by atoms with Crippen LogP contribution < -0.4 is 5.84 Å². The van der Waals surface area contributed by atoms with E-state index in [1.807, 2.05) is 0 Å². The fourth-order valence-corrected chi connectivity index (χ4v) is 4.19. The zero-order valence-corrected chi connectivity index (χ0v) is 18.8. The number of aryl methyl sites for hydroxylation is 1. The molecule has 0 unspecified atom stereocenters. The van der Waals surface area contributed by atoms with Gasteiger partial charge in [-0.2, -0.15) is 0 Å². The minimum atomic E-state index is -0.457. The summed E-state index contributed by atoms with van der Waals surface area (Å²) in [4.78, 5) is 27.8. The van der Waals surface area contributed by atoms with E-state index in [-0.39, 0.29) is 18.1 Å². The SMILES string of the molecule is CCOC(=O)c1c(C)[nH]c(C(=O)CSc2nnc(-c3ccc(Cl)cc3Cl)n2N)c1C. The van der Waals surface area contributed by atoms with Crippen LogP contribution >= 0.6 is 35.0 Å². The summed E-state index contributed by atoms with van der Waals surface area (Å²) in [5.74, 6) is 5.84. The first kappa shape index (κ1) is 22.2. The van der Waals surface area contributed by atoms with Crippen LogP contribution in [-0.4, -0.2) is 44.0 Å². The first-order valence-electron chi connectivity index (χ1n) is 8.92. The Morgan fingerprint density at radius 1 is 1.27 bits per heavy atom. The number of hydrogen-bond donors (Lipinski definition) is 2. The van der Waals surface area contributed by atoms with Crippen LogP contribution in [0.1, 0.15) is 39.0 Å². The molecule has 0 atom stereocenters. The molecule has 0 amide bonds. The third-order valence-corrected chi connectivity index (χ3v) is 5.86. The van der Waals surface area contributed by atoms with Crippen LogP contribution in [0.4, 0.5) is 0 Å². The van der Waals surface area contributed by atoms with Gasteiger partial charge >= 0.3 is 5.97 Å². The number of ketones is 1. The van der Waals surface area contributed by atoms with Gasteiger partial charge in [0, 0.05) is 16.3 Å². The third-order valence-electron chi connectivity index (χ3n) is 4.36. The molecule has 3 N–H and O–H groups in total. The predicted octanol–water partition coefficient (Wildman–Crippen LogP) is 4.06. The van der Waals surface area contributed by atoms with Crippen LogP contribution in [0.15, 0.2) is 23.4 Å². The minimum absolute atomic E-state index is 0.0484. The van der Waals surface area contributed by atoms with Crippen LogP contribution in [0.3, 0.4) is 0 Å². The number of ether oxygens (including phenoxy) is 1. The number of thioether (sulfide) groups is 1. The number of halogens is 2. The number of nitrogens with two attached hydrogens (primary N) is 1. The summed E-state index contributed by atoms with van der Waals surface area (Å²) in [6, 6.07) is 4.95. The van der Waals surface area contributed by atoms with Gasteiger partial charge in [0.25, 0.3) is 0 Å². The van der Waals surface area contributed by atoms with E-state index in [1.54, 1.807) is 39.0 Å². The Bertz CT molecular complexity index is 1130. The third kappa shape index (κ3) is 4.33. The predicted molar refractivity (Wildman–Crippen MR) is 117 cm³/mol. The van der Waals surface area contributed by atoms with Crippen molar-refractivity contribution in [3.8, 4) is 11.4 Å². The number of Topliss-reactive ketones (excluding diaryl/α,β-unsaturated/α-hetero) is 1. The lowest BCUT2D eigenvalue weighted by Crippen LogP contribution is -2.13. The molecule has 11 heteroatoms. The first-order chi connectivity index (χ1) is 14.2. The molecule has 30 heavy (non-hydrogen) atoms. The fraction of sp³-hybridized carbons (Fsp3) is 0.263. The van der Waals surface area contributed by atoms with Gasteiger partial charge in [-0.15, -0.1) is 10.2 Å². The second-order valence-electron chi connectivity index (χ2n) is 6.36. The number of carbonyl (C=O) groups excluding carboxylic acids is 2. The molecule has 8 nitrogen and oxygen atoms in total. The van der Waals surface area contributed by atoms with Gasteiger partial charge in [0.05, 0.1) is 28.6 Å². The van der Waals surface area contributed by atoms with Crippen LogP contribution in [0, 0.1) is 13.8 Å². The molecule has 0 aliphatic rings. The molecule has 3 aromatic rings. The van der Waals surface area contributed by atoms with Crippen molar-refractivity contribution in [3.05, 3.63) is 50.8 Å². The van der Waals surface area contributed by atoms with Crippen molar-refractivity contribution in [1.29, 1.82) is 0 Å². The molecule has 0 fully saturated rings. The summed E-state index contributed by atoms with van der Waals surface area (Å²) in [5.41, 5.74) is 2.45. The van der Waals surface area contributed by atoms with E-state index in [1.165, 1.54) is 4.68 Å². The van der Waals surface area contributed by atoms with Crippen LogP contribution in [0.5, 0.6) is 0 Å². The van der Waals surface area contributed by atoms with E-state index in [0.29, 0.717) is 49.1 Å². The maximum absolute atomic E-state index is 12.7. The molecule has 2 heterocycles. The summed E-state index contributed by atoms with van der Waals surface area (Å²) < 4.78 is 6.32. The quantitative estimate of drug-likeness (QED) is 0.233. The standard InChI is InChI=1S/C19H19Cl2N5O3S/c1-4-29-18(28)15-9(2)16(23-10(15)3)14(27)8-30-19-25-24-17(26(19)22)12-6-5-11(20)7-13(12)21/h5-7,23H,4,8,22H2,1-3H3. The van der Waals surface area contributed by atoms with Crippen molar-refractivity contribution in [2.45, 2.75) is 25.9 Å². The Balaban J connectivity index is 1.77. The number of aromatic amines is 1. The summed E-state index contributed by atoms with van der Waals surface area (Å²) in [5, 5.41) is 9.33. The molecule has 0 saturated heterocycles. The number of aromatic nitrogens is 4. The molecule has 0 aliphatic carbocycles. The number of nitrogen functional groups attached to an aromatic ring is 1. The zero-order valence-electron chi connectivity index (χ0n) is 16.5. The van der Waals surface area contributed by atoms with Gasteiger partial charge in [-0.05, 0) is 44.5 Å². The molecule has 158 valence electrons. The number of benzene rings is 1. The van der Waals surface area contributed by atoms with E-state index in [2.05, 4.69) is 15.2 Å². The van der Waals surface area contributed by atoms with Gasteiger partial charge in [0.15, 0.2) is 11.6 Å². The van der Waals surface area contributed by atoms with Gasteiger partial charge < -0.3 is 15.6 Å². The Kier molecular flexibility index (Phi) is 6.74. The minimum Gasteiger partial charge on any atom is -0.462 e. The average molecular weight is 468 g/mol. The molecule has 0 saturated carbocycles. The van der Waals surface area contributed by atoms with E-state index in [9.17, 15) is 9.59 Å². The molecule has 0 aliphatic heterocycles. The maximum Gasteiger partial charge on any atom is 0.340 e. The molecule has 0 spiro atoms. The average Bonchev–Trinajstić information content (AvgIpc) is 3.19. The number of hydrogen-bond acceptors (Lipinski definition) is 7. The summed E-state index contributed by atoms with van der Waals surface area (Å²) >= 11 is 13.3. The number of nitrogens with one attached hydrogen (secondary N) is 1. The largest absolute Gasteiger partial charge is 0.462 e. The Morgan fingerprint density at radius 3 is 2.67 bits per heavy atom. The summed E-state index contributed by atoms with van der Waals surface area (Å²) in [6.45, 7) is 5.42. The van der Waals surface area contributed by atoms with Gasteiger partial charge in [0.2, 0.25) is 5.16 Å². The molecule has 3 rings (SSSR count). The summed E-state index contributed by atoms with van der Waals surface area (Å²) in [6.07, 6.45) is 0. The number of rotatable bonds is 7. The lowest BCUT2D eigenvalue weighted by atomic mass is 10.1. The number of carbonyl (C=O) groups is 2. The molecular formula is C19H19Cl2N5O3S. The highest BCUT2D eigenvalue weighted by atomic mass is 35.5.